The zero-order chi connectivity index (χ0) is 19.4. The maximum atomic E-state index is 12.6. The number of anilines is 1. The van der Waals surface area contributed by atoms with Gasteiger partial charge in [0.2, 0.25) is 5.91 Å². The SMILES string of the molecule is Cc1cccc(CN2C(=O)CSc3ccc(C(=O)NCCC(C)C)cc32)c1. The highest BCUT2D eigenvalue weighted by Crippen LogP contribution is 2.37. The second-order valence-electron chi connectivity index (χ2n) is 7.38. The Bertz CT molecular complexity index is 848. The zero-order valence-electron chi connectivity index (χ0n) is 16.1. The van der Waals surface area contributed by atoms with Gasteiger partial charge in [-0.15, -0.1) is 11.8 Å². The first kappa shape index (κ1) is 19.5. The fraction of sp³-hybridized carbons (Fsp3) is 0.364. The van der Waals surface area contributed by atoms with E-state index in [1.165, 1.54) is 17.3 Å². The molecule has 0 unspecified atom stereocenters. The van der Waals surface area contributed by atoms with Gasteiger partial charge in [-0.1, -0.05) is 43.7 Å². The molecular formula is C22H26N2O2S. The van der Waals surface area contributed by atoms with E-state index in [4.69, 9.17) is 0 Å². The monoisotopic (exact) mass is 382 g/mol. The molecule has 0 saturated carbocycles. The van der Waals surface area contributed by atoms with Gasteiger partial charge in [0.25, 0.3) is 5.91 Å². The lowest BCUT2D eigenvalue weighted by Gasteiger charge is -2.29. The molecule has 27 heavy (non-hydrogen) atoms. The minimum absolute atomic E-state index is 0.0753. The summed E-state index contributed by atoms with van der Waals surface area (Å²) in [5.41, 5.74) is 3.69. The van der Waals surface area contributed by atoms with Crippen LogP contribution >= 0.6 is 11.8 Å². The van der Waals surface area contributed by atoms with Gasteiger partial charge in [-0.25, -0.2) is 0 Å². The van der Waals surface area contributed by atoms with Gasteiger partial charge in [0.05, 0.1) is 18.0 Å². The molecule has 1 aliphatic heterocycles. The third-order valence-corrected chi connectivity index (χ3v) is 5.64. The van der Waals surface area contributed by atoms with Crippen molar-refractivity contribution in [1.29, 1.82) is 0 Å². The lowest BCUT2D eigenvalue weighted by Crippen LogP contribution is -2.35. The minimum Gasteiger partial charge on any atom is -0.352 e. The molecule has 1 aliphatic rings. The molecule has 5 heteroatoms. The average Bonchev–Trinajstić information content (AvgIpc) is 2.63. The smallest absolute Gasteiger partial charge is 0.251 e. The molecule has 0 spiro atoms. The van der Waals surface area contributed by atoms with E-state index in [1.54, 1.807) is 4.90 Å². The molecule has 0 aliphatic carbocycles. The second kappa shape index (κ2) is 8.61. The van der Waals surface area contributed by atoms with Crippen molar-refractivity contribution in [2.75, 3.05) is 17.2 Å². The van der Waals surface area contributed by atoms with Crippen molar-refractivity contribution in [3.63, 3.8) is 0 Å². The van der Waals surface area contributed by atoms with Gasteiger partial charge in [0.15, 0.2) is 0 Å². The Morgan fingerprint density at radius 1 is 1.22 bits per heavy atom. The van der Waals surface area contributed by atoms with Gasteiger partial charge in [-0.3, -0.25) is 9.59 Å². The highest BCUT2D eigenvalue weighted by molar-refractivity contribution is 8.00. The first-order valence-electron chi connectivity index (χ1n) is 9.35. The topological polar surface area (TPSA) is 49.4 Å². The van der Waals surface area contributed by atoms with Crippen molar-refractivity contribution in [3.05, 3.63) is 59.2 Å². The Morgan fingerprint density at radius 3 is 2.78 bits per heavy atom. The van der Waals surface area contributed by atoms with Crippen molar-refractivity contribution in [1.82, 2.24) is 5.32 Å². The Labute approximate surface area is 165 Å². The average molecular weight is 383 g/mol. The molecule has 2 aromatic rings. The van der Waals surface area contributed by atoms with Crippen molar-refractivity contribution in [2.45, 2.75) is 38.6 Å². The number of benzene rings is 2. The number of thioether (sulfide) groups is 1. The van der Waals surface area contributed by atoms with Crippen LogP contribution in [-0.2, 0) is 11.3 Å². The van der Waals surface area contributed by atoms with E-state index in [9.17, 15) is 9.59 Å². The predicted octanol–water partition coefficient (Wildman–Crippen LogP) is 4.41. The largest absolute Gasteiger partial charge is 0.352 e. The van der Waals surface area contributed by atoms with E-state index in [0.717, 1.165) is 22.6 Å². The maximum Gasteiger partial charge on any atom is 0.251 e. The summed E-state index contributed by atoms with van der Waals surface area (Å²) in [7, 11) is 0. The standard InChI is InChI=1S/C22H26N2O2S/c1-15(2)9-10-23-22(26)18-7-8-20-19(12-18)24(21(25)14-27-20)13-17-6-4-5-16(3)11-17/h4-8,11-12,15H,9-10,13-14H2,1-3H3,(H,23,26). The fourth-order valence-electron chi connectivity index (χ4n) is 3.09. The van der Waals surface area contributed by atoms with E-state index in [1.807, 2.05) is 43.3 Å². The van der Waals surface area contributed by atoms with Crippen LogP contribution in [0.1, 0.15) is 41.8 Å². The summed E-state index contributed by atoms with van der Waals surface area (Å²) < 4.78 is 0. The summed E-state index contributed by atoms with van der Waals surface area (Å²) in [5, 5.41) is 2.97. The Balaban J connectivity index is 1.82. The molecular weight excluding hydrogens is 356 g/mol. The summed E-state index contributed by atoms with van der Waals surface area (Å²) in [5.74, 6) is 0.967. The number of hydrogen-bond donors (Lipinski definition) is 1. The number of carbonyl (C=O) groups is 2. The molecule has 1 heterocycles. The van der Waals surface area contributed by atoms with Crippen LogP contribution in [0.15, 0.2) is 47.4 Å². The van der Waals surface area contributed by atoms with Crippen molar-refractivity contribution in [2.24, 2.45) is 5.92 Å². The molecule has 3 rings (SSSR count). The van der Waals surface area contributed by atoms with Crippen LogP contribution in [0, 0.1) is 12.8 Å². The van der Waals surface area contributed by atoms with E-state index in [-0.39, 0.29) is 11.8 Å². The van der Waals surface area contributed by atoms with Gasteiger partial charge in [-0.2, -0.15) is 0 Å². The van der Waals surface area contributed by atoms with E-state index in [2.05, 4.69) is 25.2 Å². The number of rotatable bonds is 6. The molecule has 0 bridgehead atoms. The summed E-state index contributed by atoms with van der Waals surface area (Å²) >= 11 is 1.53. The molecule has 0 radical (unpaired) electrons. The van der Waals surface area contributed by atoms with Gasteiger partial charge in [0, 0.05) is 17.0 Å². The number of nitrogens with zero attached hydrogens (tertiary/aromatic N) is 1. The highest BCUT2D eigenvalue weighted by atomic mass is 32.2. The minimum atomic E-state index is -0.0861. The van der Waals surface area contributed by atoms with E-state index >= 15 is 0 Å². The lowest BCUT2D eigenvalue weighted by atomic mass is 10.1. The molecule has 142 valence electrons. The summed E-state index contributed by atoms with van der Waals surface area (Å²) in [6, 6.07) is 13.8. The molecule has 2 aromatic carbocycles. The summed E-state index contributed by atoms with van der Waals surface area (Å²) in [4.78, 5) is 27.9. The van der Waals surface area contributed by atoms with E-state index < -0.39 is 0 Å². The molecule has 0 atom stereocenters. The van der Waals surface area contributed by atoms with Crippen LogP contribution in [0.5, 0.6) is 0 Å². The third kappa shape index (κ3) is 4.92. The molecule has 2 amide bonds. The second-order valence-corrected chi connectivity index (χ2v) is 8.40. The van der Waals surface area contributed by atoms with Crippen LogP contribution in [0.4, 0.5) is 5.69 Å². The Morgan fingerprint density at radius 2 is 2.04 bits per heavy atom. The van der Waals surface area contributed by atoms with Gasteiger partial charge in [-0.05, 0) is 43.0 Å². The number of nitrogens with one attached hydrogen (secondary N) is 1. The third-order valence-electron chi connectivity index (χ3n) is 4.59. The fourth-order valence-corrected chi connectivity index (χ4v) is 4.00. The van der Waals surface area contributed by atoms with Crippen molar-refractivity contribution in [3.8, 4) is 0 Å². The highest BCUT2D eigenvalue weighted by Gasteiger charge is 2.26. The van der Waals surface area contributed by atoms with Crippen LogP contribution < -0.4 is 10.2 Å². The van der Waals surface area contributed by atoms with Gasteiger partial charge < -0.3 is 10.2 Å². The van der Waals surface area contributed by atoms with Crippen LogP contribution in [0.3, 0.4) is 0 Å². The molecule has 4 nitrogen and oxygen atoms in total. The number of carbonyl (C=O) groups excluding carboxylic acids is 2. The predicted molar refractivity (Wildman–Crippen MR) is 111 cm³/mol. The van der Waals surface area contributed by atoms with Crippen molar-refractivity contribution < 1.29 is 9.59 Å². The first-order chi connectivity index (χ1) is 12.9. The number of aryl methyl sites for hydroxylation is 1. The van der Waals surface area contributed by atoms with Crippen LogP contribution in [0.25, 0.3) is 0 Å². The maximum absolute atomic E-state index is 12.6. The molecule has 0 saturated heterocycles. The lowest BCUT2D eigenvalue weighted by molar-refractivity contribution is -0.116. The molecule has 0 fully saturated rings. The first-order valence-corrected chi connectivity index (χ1v) is 10.3. The van der Waals surface area contributed by atoms with E-state index in [0.29, 0.717) is 30.3 Å². The summed E-state index contributed by atoms with van der Waals surface area (Å²) in [6.07, 6.45) is 0.949. The molecule has 0 aromatic heterocycles. The number of amides is 2. The van der Waals surface area contributed by atoms with Gasteiger partial charge in [0.1, 0.15) is 0 Å². The van der Waals surface area contributed by atoms with Crippen molar-refractivity contribution >= 4 is 29.3 Å². The van der Waals surface area contributed by atoms with Gasteiger partial charge >= 0.3 is 0 Å². The molecule has 1 N–H and O–H groups in total. The number of fused-ring (bicyclic) bond motifs is 1. The van der Waals surface area contributed by atoms with Crippen LogP contribution in [-0.4, -0.2) is 24.1 Å². The zero-order valence-corrected chi connectivity index (χ0v) is 16.9. The summed E-state index contributed by atoms with van der Waals surface area (Å²) in [6.45, 7) is 7.50. The quantitative estimate of drug-likeness (QED) is 0.805. The Hall–Kier alpha value is -2.27. The van der Waals surface area contributed by atoms with Crippen LogP contribution in [0.2, 0.25) is 0 Å². The normalized spacial score (nSPS) is 13.6. The number of hydrogen-bond acceptors (Lipinski definition) is 3. The Kier molecular flexibility index (Phi) is 6.22.